The van der Waals surface area contributed by atoms with Crippen LogP contribution in [-0.2, 0) is 9.53 Å². The van der Waals surface area contributed by atoms with E-state index in [9.17, 15) is 19.7 Å². The quantitative estimate of drug-likeness (QED) is 0.438. The van der Waals surface area contributed by atoms with Gasteiger partial charge in [0.1, 0.15) is 5.56 Å². The van der Waals surface area contributed by atoms with Gasteiger partial charge in [-0.05, 0) is 27.7 Å². The van der Waals surface area contributed by atoms with Crippen LogP contribution in [0.1, 0.15) is 38.1 Å². The first-order valence-electron chi connectivity index (χ1n) is 7.78. The van der Waals surface area contributed by atoms with E-state index in [1.807, 2.05) is 27.7 Å². The Morgan fingerprint density at radius 3 is 2.28 bits per heavy atom. The highest BCUT2D eigenvalue weighted by molar-refractivity contribution is 5.96. The number of benzene rings is 1. The number of nitro groups is 1. The van der Waals surface area contributed by atoms with Gasteiger partial charge in [0.15, 0.2) is 18.1 Å². The number of hydrogen-bond donors (Lipinski definition) is 0. The van der Waals surface area contributed by atoms with Crippen LogP contribution in [0.5, 0.6) is 11.5 Å². The Kier molecular flexibility index (Phi) is 5.45. The molecule has 1 heterocycles. The van der Waals surface area contributed by atoms with Gasteiger partial charge < -0.3 is 19.1 Å². The lowest BCUT2D eigenvalue weighted by molar-refractivity contribution is -0.385. The molecule has 9 nitrogen and oxygen atoms in total. The average molecular weight is 352 g/mol. The maximum atomic E-state index is 12.2. The summed E-state index contributed by atoms with van der Waals surface area (Å²) in [6, 6.07) is 2.17. The molecule has 0 N–H and O–H groups in total. The van der Waals surface area contributed by atoms with Crippen LogP contribution in [-0.4, -0.2) is 47.2 Å². The summed E-state index contributed by atoms with van der Waals surface area (Å²) in [4.78, 5) is 36.5. The molecule has 0 saturated carbocycles. The van der Waals surface area contributed by atoms with Gasteiger partial charge in [0.2, 0.25) is 6.79 Å². The number of nitrogens with zero attached hydrogens (tertiary/aromatic N) is 2. The zero-order chi connectivity index (χ0) is 18.7. The van der Waals surface area contributed by atoms with Crippen LogP contribution in [0.15, 0.2) is 12.1 Å². The largest absolute Gasteiger partial charge is 0.454 e. The van der Waals surface area contributed by atoms with Crippen molar-refractivity contribution in [3.8, 4) is 11.5 Å². The van der Waals surface area contributed by atoms with Crippen LogP contribution in [0, 0.1) is 10.1 Å². The van der Waals surface area contributed by atoms with Gasteiger partial charge in [-0.1, -0.05) is 0 Å². The third kappa shape index (κ3) is 3.98. The highest BCUT2D eigenvalue weighted by Crippen LogP contribution is 2.38. The molecule has 0 unspecified atom stereocenters. The molecule has 1 aromatic carbocycles. The minimum Gasteiger partial charge on any atom is -0.454 e. The Labute approximate surface area is 144 Å². The first-order chi connectivity index (χ1) is 11.7. The molecule has 1 aliphatic heterocycles. The second-order valence-electron chi connectivity index (χ2n) is 6.04. The molecule has 25 heavy (non-hydrogen) atoms. The van der Waals surface area contributed by atoms with E-state index < -0.39 is 23.2 Å². The van der Waals surface area contributed by atoms with Crippen LogP contribution in [0.2, 0.25) is 0 Å². The van der Waals surface area contributed by atoms with Crippen molar-refractivity contribution in [1.29, 1.82) is 0 Å². The first-order valence-corrected chi connectivity index (χ1v) is 7.78. The zero-order valence-electron chi connectivity index (χ0n) is 14.5. The summed E-state index contributed by atoms with van der Waals surface area (Å²) >= 11 is 0. The molecular weight excluding hydrogens is 332 g/mol. The van der Waals surface area contributed by atoms with Gasteiger partial charge in [0.25, 0.3) is 11.6 Å². The topological polar surface area (TPSA) is 108 Å². The number of ether oxygens (including phenoxy) is 3. The Balaban J connectivity index is 2.16. The van der Waals surface area contributed by atoms with Crippen molar-refractivity contribution in [3.63, 3.8) is 0 Å². The predicted octanol–water partition coefficient (Wildman–Crippen LogP) is 2.13. The number of rotatable bonds is 6. The van der Waals surface area contributed by atoms with E-state index in [2.05, 4.69) is 0 Å². The predicted molar refractivity (Wildman–Crippen MR) is 86.6 cm³/mol. The van der Waals surface area contributed by atoms with Gasteiger partial charge in [-0.25, -0.2) is 4.79 Å². The summed E-state index contributed by atoms with van der Waals surface area (Å²) in [6.07, 6.45) is 0. The molecule has 2 rings (SSSR count). The fraction of sp³-hybridized carbons (Fsp3) is 0.500. The number of carbonyl (C=O) groups excluding carboxylic acids is 2. The lowest BCUT2D eigenvalue weighted by Crippen LogP contribution is -2.44. The summed E-state index contributed by atoms with van der Waals surface area (Å²) in [5.41, 5.74) is -0.756. The van der Waals surface area contributed by atoms with Gasteiger partial charge in [-0.2, -0.15) is 0 Å². The maximum absolute atomic E-state index is 12.2. The molecule has 1 aliphatic rings. The summed E-state index contributed by atoms with van der Waals surface area (Å²) < 4.78 is 15.2. The summed E-state index contributed by atoms with van der Waals surface area (Å²) in [5.74, 6) is -0.937. The van der Waals surface area contributed by atoms with Gasteiger partial charge in [0, 0.05) is 18.2 Å². The number of nitro benzene ring substituents is 1. The minimum absolute atomic E-state index is 0.0638. The van der Waals surface area contributed by atoms with Crippen molar-refractivity contribution in [2.24, 2.45) is 0 Å². The van der Waals surface area contributed by atoms with Crippen LogP contribution in [0.25, 0.3) is 0 Å². The maximum Gasteiger partial charge on any atom is 0.345 e. The molecule has 0 radical (unpaired) electrons. The Morgan fingerprint density at radius 1 is 1.20 bits per heavy atom. The molecule has 0 spiro atoms. The molecule has 0 aliphatic carbocycles. The van der Waals surface area contributed by atoms with Crippen molar-refractivity contribution >= 4 is 17.6 Å². The molecule has 0 bridgehead atoms. The van der Waals surface area contributed by atoms with E-state index in [1.165, 1.54) is 6.07 Å². The smallest absolute Gasteiger partial charge is 0.345 e. The second kappa shape index (κ2) is 7.37. The van der Waals surface area contributed by atoms with E-state index in [1.54, 1.807) is 4.90 Å². The summed E-state index contributed by atoms with van der Waals surface area (Å²) in [7, 11) is 0. The van der Waals surface area contributed by atoms with Gasteiger partial charge >= 0.3 is 5.97 Å². The molecule has 0 saturated heterocycles. The van der Waals surface area contributed by atoms with Crippen LogP contribution in [0.3, 0.4) is 0 Å². The third-order valence-electron chi connectivity index (χ3n) is 3.63. The number of esters is 1. The molecule has 136 valence electrons. The van der Waals surface area contributed by atoms with Crippen LogP contribution < -0.4 is 9.47 Å². The number of fused-ring (bicyclic) bond motifs is 1. The molecule has 0 aromatic heterocycles. The summed E-state index contributed by atoms with van der Waals surface area (Å²) in [5, 5.41) is 11.2. The lowest BCUT2D eigenvalue weighted by Gasteiger charge is -2.30. The fourth-order valence-corrected chi connectivity index (χ4v) is 2.70. The Hall–Kier alpha value is -2.84. The minimum atomic E-state index is -0.967. The number of amides is 1. The van der Waals surface area contributed by atoms with Crippen molar-refractivity contribution in [2.45, 2.75) is 39.8 Å². The SMILES string of the molecule is CC(C)N(C(=O)COC(=O)c1cc2c(cc1[N+](=O)[O-])OCO2)C(C)C. The monoisotopic (exact) mass is 352 g/mol. The highest BCUT2D eigenvalue weighted by Gasteiger charge is 2.29. The van der Waals surface area contributed by atoms with Gasteiger partial charge in [0.05, 0.1) is 11.0 Å². The van der Waals surface area contributed by atoms with Crippen molar-refractivity contribution in [2.75, 3.05) is 13.4 Å². The third-order valence-corrected chi connectivity index (χ3v) is 3.63. The van der Waals surface area contributed by atoms with E-state index >= 15 is 0 Å². The van der Waals surface area contributed by atoms with Crippen molar-refractivity contribution in [3.05, 3.63) is 27.8 Å². The van der Waals surface area contributed by atoms with Gasteiger partial charge in [-0.3, -0.25) is 14.9 Å². The highest BCUT2D eigenvalue weighted by atomic mass is 16.7. The molecule has 1 aromatic rings. The molecule has 0 atom stereocenters. The Bertz CT molecular complexity index is 692. The fourth-order valence-electron chi connectivity index (χ4n) is 2.70. The van der Waals surface area contributed by atoms with Crippen LogP contribution in [0.4, 0.5) is 5.69 Å². The van der Waals surface area contributed by atoms with Crippen molar-refractivity contribution in [1.82, 2.24) is 4.90 Å². The van der Waals surface area contributed by atoms with E-state index in [0.29, 0.717) is 0 Å². The number of carbonyl (C=O) groups is 2. The van der Waals surface area contributed by atoms with E-state index in [0.717, 1.165) is 6.07 Å². The zero-order valence-corrected chi connectivity index (χ0v) is 14.5. The lowest BCUT2D eigenvalue weighted by atomic mass is 10.1. The second-order valence-corrected chi connectivity index (χ2v) is 6.04. The summed E-state index contributed by atoms with van der Waals surface area (Å²) in [6.45, 7) is 6.82. The number of hydrogen-bond acceptors (Lipinski definition) is 7. The normalized spacial score (nSPS) is 12.4. The van der Waals surface area contributed by atoms with E-state index in [-0.39, 0.29) is 41.8 Å². The Morgan fingerprint density at radius 2 is 1.76 bits per heavy atom. The van der Waals surface area contributed by atoms with Crippen LogP contribution >= 0.6 is 0 Å². The van der Waals surface area contributed by atoms with Gasteiger partial charge in [-0.15, -0.1) is 0 Å². The molecule has 9 heteroatoms. The standard InChI is InChI=1S/C16H20N2O7/c1-9(2)17(10(3)4)15(19)7-23-16(20)11-5-13-14(25-8-24-13)6-12(11)18(21)22/h5-6,9-10H,7-8H2,1-4H3. The first kappa shape index (κ1) is 18.5. The molecular formula is C16H20N2O7. The van der Waals surface area contributed by atoms with Crippen molar-refractivity contribution < 1.29 is 28.7 Å². The molecule has 1 amide bonds. The van der Waals surface area contributed by atoms with E-state index in [4.69, 9.17) is 14.2 Å². The molecule has 0 fully saturated rings. The average Bonchev–Trinajstić information content (AvgIpc) is 2.97.